The van der Waals surface area contributed by atoms with Crippen molar-refractivity contribution in [2.24, 2.45) is 0 Å². The highest BCUT2D eigenvalue weighted by Gasteiger charge is 2.25. The highest BCUT2D eigenvalue weighted by Crippen LogP contribution is 2.41. The molecule has 33 heavy (non-hydrogen) atoms. The Morgan fingerprint density at radius 2 is 0.970 bits per heavy atom. The van der Waals surface area contributed by atoms with Crippen LogP contribution in [0.4, 0.5) is 0 Å². The van der Waals surface area contributed by atoms with Gasteiger partial charge < -0.3 is 9.97 Å². The van der Waals surface area contributed by atoms with Crippen LogP contribution >= 0.6 is 11.3 Å². The third kappa shape index (κ3) is 4.23. The molecule has 2 N–H and O–H groups in total. The number of carbonyl (C=O) groups is 2. The van der Waals surface area contributed by atoms with Gasteiger partial charge in [-0.25, -0.2) is 0 Å². The predicted molar refractivity (Wildman–Crippen MR) is 131 cm³/mol. The molecular weight excluding hydrogens is 428 g/mol. The average molecular weight is 451 g/mol. The predicted octanol–water partition coefficient (Wildman–Crippen LogP) is 6.39. The van der Waals surface area contributed by atoms with Gasteiger partial charge in [0.05, 0.1) is 23.2 Å². The minimum atomic E-state index is -0.00995. The van der Waals surface area contributed by atoms with Gasteiger partial charge >= 0.3 is 0 Å². The van der Waals surface area contributed by atoms with E-state index >= 15 is 0 Å². The van der Waals surface area contributed by atoms with Crippen molar-refractivity contribution in [1.29, 1.82) is 0 Å². The lowest BCUT2D eigenvalue weighted by atomic mass is 9.93. The zero-order valence-corrected chi connectivity index (χ0v) is 18.6. The second-order valence-corrected chi connectivity index (χ2v) is 9.05. The molecule has 0 amide bonds. The molecule has 0 saturated heterocycles. The fourth-order valence-corrected chi connectivity index (χ4v) is 5.60. The van der Waals surface area contributed by atoms with Crippen LogP contribution in [0.3, 0.4) is 0 Å². The lowest BCUT2D eigenvalue weighted by Crippen LogP contribution is -2.03. The summed E-state index contributed by atoms with van der Waals surface area (Å²) in [5.74, 6) is -0.0199. The van der Waals surface area contributed by atoms with Crippen molar-refractivity contribution >= 4 is 23.9 Å². The van der Waals surface area contributed by atoms with Crippen LogP contribution in [0.1, 0.15) is 65.1 Å². The van der Waals surface area contributed by atoms with Gasteiger partial charge in [-0.05, 0) is 47.5 Å². The number of rotatable bonds is 8. The first kappa shape index (κ1) is 20.9. The van der Waals surface area contributed by atoms with Gasteiger partial charge in [0.15, 0.2) is 12.6 Å². The van der Waals surface area contributed by atoms with Crippen molar-refractivity contribution in [3.05, 3.63) is 141 Å². The van der Waals surface area contributed by atoms with E-state index in [0.717, 1.165) is 35.1 Å². The Morgan fingerprint density at radius 3 is 1.33 bits per heavy atom. The fraction of sp³-hybridized carbons (Fsp3) is 0.0714. The van der Waals surface area contributed by atoms with Gasteiger partial charge in [0, 0.05) is 21.1 Å². The van der Waals surface area contributed by atoms with E-state index < -0.39 is 0 Å². The van der Waals surface area contributed by atoms with E-state index in [4.69, 9.17) is 0 Å². The molecule has 162 valence electrons. The number of benzene rings is 2. The number of nitrogens with one attached hydrogen (secondary N) is 2. The molecule has 0 aliphatic carbocycles. The van der Waals surface area contributed by atoms with Crippen LogP contribution < -0.4 is 0 Å². The molecule has 2 aromatic carbocycles. The third-order valence-electron chi connectivity index (χ3n) is 5.82. The van der Waals surface area contributed by atoms with E-state index in [1.165, 1.54) is 9.75 Å². The van der Waals surface area contributed by atoms with Crippen LogP contribution in [-0.4, -0.2) is 22.5 Å². The molecule has 3 heterocycles. The highest BCUT2D eigenvalue weighted by molar-refractivity contribution is 7.12. The molecule has 5 rings (SSSR count). The van der Waals surface area contributed by atoms with Crippen molar-refractivity contribution in [2.45, 2.75) is 11.8 Å². The molecule has 0 radical (unpaired) electrons. The number of thiophene rings is 1. The maximum absolute atomic E-state index is 11.3. The second kappa shape index (κ2) is 9.27. The zero-order chi connectivity index (χ0) is 22.6. The molecule has 0 spiro atoms. The molecule has 0 fully saturated rings. The SMILES string of the molecule is O=Cc1ccc(C(c2ccccc2)c2ccc(C(c3ccccc3)c3ccc(C=O)[nH]3)s2)[nH]1. The molecule has 0 aliphatic rings. The van der Waals surface area contributed by atoms with Crippen molar-refractivity contribution in [3.63, 3.8) is 0 Å². The number of H-pyrrole nitrogens is 2. The summed E-state index contributed by atoms with van der Waals surface area (Å²) in [5, 5.41) is 0. The summed E-state index contributed by atoms with van der Waals surface area (Å²) in [7, 11) is 0. The lowest BCUT2D eigenvalue weighted by Gasteiger charge is -2.17. The Balaban J connectivity index is 1.60. The van der Waals surface area contributed by atoms with Gasteiger partial charge in [0.25, 0.3) is 0 Å². The molecule has 0 bridgehead atoms. The van der Waals surface area contributed by atoms with Gasteiger partial charge in [0.2, 0.25) is 0 Å². The number of hydrogen-bond acceptors (Lipinski definition) is 3. The van der Waals surface area contributed by atoms with Gasteiger partial charge in [-0.15, -0.1) is 11.3 Å². The van der Waals surface area contributed by atoms with E-state index in [1.54, 1.807) is 11.3 Å². The standard InChI is InChI=1S/C28H22N2O2S/c31-17-21-11-13-23(29-21)27(19-7-3-1-4-8-19)25-15-16-26(33-25)28(20-9-5-2-6-10-20)24-14-12-22(18-32)30-24/h1-18,27-30H. The smallest absolute Gasteiger partial charge is 0.166 e. The minimum absolute atomic E-state index is 0.00995. The number of aromatic amines is 2. The van der Waals surface area contributed by atoms with Gasteiger partial charge in [-0.3, -0.25) is 9.59 Å². The second-order valence-electron chi connectivity index (χ2n) is 7.90. The van der Waals surface area contributed by atoms with E-state index in [9.17, 15) is 9.59 Å². The van der Waals surface area contributed by atoms with Crippen molar-refractivity contribution in [2.75, 3.05) is 0 Å². The summed E-state index contributed by atoms with van der Waals surface area (Å²) in [6, 6.07) is 32.5. The summed E-state index contributed by atoms with van der Waals surface area (Å²) >= 11 is 1.75. The summed E-state index contributed by atoms with van der Waals surface area (Å²) in [4.78, 5) is 31.5. The maximum Gasteiger partial charge on any atom is 0.166 e. The lowest BCUT2D eigenvalue weighted by molar-refractivity contribution is 0.111. The minimum Gasteiger partial charge on any atom is -0.355 e. The molecule has 3 aromatic heterocycles. The molecular formula is C28H22N2O2S. The largest absolute Gasteiger partial charge is 0.355 e. The fourth-order valence-electron chi connectivity index (χ4n) is 4.30. The molecule has 5 heteroatoms. The average Bonchev–Trinajstić information content (AvgIpc) is 3.63. The Labute approximate surface area is 196 Å². The van der Waals surface area contributed by atoms with Crippen LogP contribution in [-0.2, 0) is 0 Å². The molecule has 0 aliphatic heterocycles. The van der Waals surface area contributed by atoms with E-state index in [2.05, 4.69) is 46.4 Å². The van der Waals surface area contributed by atoms with Crippen LogP contribution in [0.2, 0.25) is 0 Å². The van der Waals surface area contributed by atoms with Gasteiger partial charge in [-0.2, -0.15) is 0 Å². The van der Waals surface area contributed by atoms with Crippen LogP contribution in [0.15, 0.2) is 97.1 Å². The summed E-state index contributed by atoms with van der Waals surface area (Å²) < 4.78 is 0. The summed E-state index contributed by atoms with van der Waals surface area (Å²) in [6.07, 6.45) is 1.68. The number of aromatic nitrogens is 2. The maximum atomic E-state index is 11.3. The Morgan fingerprint density at radius 1 is 0.545 bits per heavy atom. The quantitative estimate of drug-likeness (QED) is 0.269. The van der Waals surface area contributed by atoms with Gasteiger partial charge in [0.1, 0.15) is 0 Å². The molecule has 2 atom stereocenters. The molecule has 0 saturated carbocycles. The Hall–Kier alpha value is -3.96. The monoisotopic (exact) mass is 450 g/mol. The first-order valence-corrected chi connectivity index (χ1v) is 11.6. The van der Waals surface area contributed by atoms with Crippen LogP contribution in [0.5, 0.6) is 0 Å². The third-order valence-corrected chi connectivity index (χ3v) is 7.04. The Bertz CT molecular complexity index is 1260. The number of hydrogen-bond donors (Lipinski definition) is 2. The van der Waals surface area contributed by atoms with Crippen LogP contribution in [0, 0.1) is 0 Å². The first-order chi connectivity index (χ1) is 16.3. The summed E-state index contributed by atoms with van der Waals surface area (Å²) in [5.41, 5.74) is 5.41. The molecule has 5 aromatic rings. The van der Waals surface area contributed by atoms with E-state index in [-0.39, 0.29) is 11.8 Å². The highest BCUT2D eigenvalue weighted by atomic mass is 32.1. The molecule has 4 nitrogen and oxygen atoms in total. The van der Waals surface area contributed by atoms with Crippen molar-refractivity contribution in [3.8, 4) is 0 Å². The van der Waals surface area contributed by atoms with Gasteiger partial charge in [-0.1, -0.05) is 60.7 Å². The number of carbonyl (C=O) groups excluding carboxylic acids is 2. The molecule has 2 unspecified atom stereocenters. The zero-order valence-electron chi connectivity index (χ0n) is 17.8. The topological polar surface area (TPSA) is 65.7 Å². The number of aldehydes is 2. The first-order valence-electron chi connectivity index (χ1n) is 10.7. The van der Waals surface area contributed by atoms with Crippen LogP contribution in [0.25, 0.3) is 0 Å². The van der Waals surface area contributed by atoms with Crippen molar-refractivity contribution in [1.82, 2.24) is 9.97 Å². The van der Waals surface area contributed by atoms with Crippen molar-refractivity contribution < 1.29 is 9.59 Å². The normalized spacial score (nSPS) is 12.8. The van der Waals surface area contributed by atoms with E-state index in [0.29, 0.717) is 11.4 Å². The summed E-state index contributed by atoms with van der Waals surface area (Å²) in [6.45, 7) is 0. The Kier molecular flexibility index (Phi) is 5.87. The van der Waals surface area contributed by atoms with E-state index in [1.807, 2.05) is 60.7 Å².